The molecular weight excluding hydrogens is 442 g/mol. The standard InChI is InChI=1S/C27H35N5O3/c1-18(33)32-13-11-19(12-14-32)15-21(17-28)29-26(34)22-8-4-5-9-23(22)30-27(35)25-16-20-7-3-6-10-24(20)31(25)2/h3,6-7,10,16,19,21-23H,4-5,8-9,11-15H2,1-2H3,(H,29,34)(H,30,35). The third-order valence-corrected chi connectivity index (χ3v) is 7.70. The molecule has 2 N–H and O–H groups in total. The van der Waals surface area contributed by atoms with Gasteiger partial charge in [-0.05, 0) is 50.2 Å². The number of hydrogen-bond acceptors (Lipinski definition) is 4. The number of nitrogens with zero attached hydrogens (tertiary/aromatic N) is 3. The van der Waals surface area contributed by atoms with Crippen molar-refractivity contribution < 1.29 is 14.4 Å². The zero-order valence-electron chi connectivity index (χ0n) is 20.6. The zero-order chi connectivity index (χ0) is 24.9. The Bertz CT molecular complexity index is 1130. The van der Waals surface area contributed by atoms with Gasteiger partial charge in [0.25, 0.3) is 5.91 Å². The van der Waals surface area contributed by atoms with E-state index < -0.39 is 6.04 Å². The van der Waals surface area contributed by atoms with Gasteiger partial charge in [-0.25, -0.2) is 0 Å². The van der Waals surface area contributed by atoms with E-state index in [1.807, 2.05) is 46.8 Å². The van der Waals surface area contributed by atoms with Crippen LogP contribution in [0, 0.1) is 23.2 Å². The molecule has 1 saturated heterocycles. The number of fused-ring (bicyclic) bond motifs is 1. The van der Waals surface area contributed by atoms with Gasteiger partial charge in [0.15, 0.2) is 0 Å². The van der Waals surface area contributed by atoms with Gasteiger partial charge in [0, 0.05) is 44.0 Å². The van der Waals surface area contributed by atoms with Crippen LogP contribution in [0.2, 0.25) is 0 Å². The molecule has 2 aromatic rings. The monoisotopic (exact) mass is 477 g/mol. The van der Waals surface area contributed by atoms with E-state index in [4.69, 9.17) is 0 Å². The summed E-state index contributed by atoms with van der Waals surface area (Å²) in [5.74, 6) is -0.286. The van der Waals surface area contributed by atoms with Crippen molar-refractivity contribution in [3.8, 4) is 6.07 Å². The molecule has 8 nitrogen and oxygen atoms in total. The van der Waals surface area contributed by atoms with E-state index in [9.17, 15) is 19.6 Å². The molecule has 1 aliphatic heterocycles. The van der Waals surface area contributed by atoms with Crippen molar-refractivity contribution in [3.05, 3.63) is 36.0 Å². The van der Waals surface area contributed by atoms with Crippen LogP contribution in [0.15, 0.2) is 30.3 Å². The minimum absolute atomic E-state index is 0.0856. The number of rotatable bonds is 6. The predicted molar refractivity (Wildman–Crippen MR) is 133 cm³/mol. The molecule has 3 atom stereocenters. The Morgan fingerprint density at radius 1 is 1.11 bits per heavy atom. The highest BCUT2D eigenvalue weighted by molar-refractivity contribution is 5.99. The van der Waals surface area contributed by atoms with Crippen molar-refractivity contribution in [1.29, 1.82) is 5.26 Å². The molecule has 1 aromatic heterocycles. The van der Waals surface area contributed by atoms with Crippen molar-refractivity contribution in [2.24, 2.45) is 18.9 Å². The number of carbonyl (C=O) groups excluding carboxylic acids is 3. The van der Waals surface area contributed by atoms with E-state index in [0.29, 0.717) is 37.5 Å². The lowest BCUT2D eigenvalue weighted by Gasteiger charge is -2.34. The van der Waals surface area contributed by atoms with Gasteiger partial charge in [0.1, 0.15) is 11.7 Å². The van der Waals surface area contributed by atoms with Crippen LogP contribution in [0.4, 0.5) is 0 Å². The van der Waals surface area contributed by atoms with Gasteiger partial charge in [0.05, 0.1) is 12.0 Å². The fourth-order valence-corrected chi connectivity index (χ4v) is 5.61. The normalized spacial score (nSPS) is 21.8. The summed E-state index contributed by atoms with van der Waals surface area (Å²) >= 11 is 0. The second-order valence-corrected chi connectivity index (χ2v) is 9.99. The van der Waals surface area contributed by atoms with Crippen molar-refractivity contribution >= 4 is 28.6 Å². The number of piperidine rings is 1. The van der Waals surface area contributed by atoms with Crippen LogP contribution in [0.3, 0.4) is 0 Å². The average Bonchev–Trinajstić information content (AvgIpc) is 3.21. The maximum atomic E-state index is 13.2. The molecule has 2 fully saturated rings. The maximum absolute atomic E-state index is 13.2. The van der Waals surface area contributed by atoms with Gasteiger partial charge >= 0.3 is 0 Å². The number of nitriles is 1. The van der Waals surface area contributed by atoms with Gasteiger partial charge in [-0.1, -0.05) is 31.0 Å². The second-order valence-electron chi connectivity index (χ2n) is 9.99. The van der Waals surface area contributed by atoms with Crippen LogP contribution in [-0.2, 0) is 16.6 Å². The number of hydrogen-bond donors (Lipinski definition) is 2. The van der Waals surface area contributed by atoms with Crippen LogP contribution >= 0.6 is 0 Å². The summed E-state index contributed by atoms with van der Waals surface area (Å²) in [7, 11) is 1.88. The third kappa shape index (κ3) is 5.67. The van der Waals surface area contributed by atoms with E-state index in [0.717, 1.165) is 43.0 Å². The molecule has 186 valence electrons. The molecule has 1 saturated carbocycles. The minimum atomic E-state index is -0.562. The summed E-state index contributed by atoms with van der Waals surface area (Å²) in [5.41, 5.74) is 1.56. The van der Waals surface area contributed by atoms with Crippen molar-refractivity contribution in [2.75, 3.05) is 13.1 Å². The molecule has 1 aliphatic carbocycles. The Hall–Kier alpha value is -3.34. The van der Waals surface area contributed by atoms with Gasteiger partial charge in [-0.15, -0.1) is 0 Å². The molecule has 35 heavy (non-hydrogen) atoms. The van der Waals surface area contributed by atoms with E-state index >= 15 is 0 Å². The molecular formula is C27H35N5O3. The Morgan fingerprint density at radius 2 is 1.83 bits per heavy atom. The topological polar surface area (TPSA) is 107 Å². The quantitative estimate of drug-likeness (QED) is 0.666. The van der Waals surface area contributed by atoms with Crippen LogP contribution in [-0.4, -0.2) is 52.4 Å². The first-order chi connectivity index (χ1) is 16.9. The van der Waals surface area contributed by atoms with Gasteiger partial charge in [0.2, 0.25) is 11.8 Å². The van der Waals surface area contributed by atoms with Crippen LogP contribution in [0.1, 0.15) is 62.4 Å². The first kappa shape index (κ1) is 24.8. The molecule has 8 heteroatoms. The van der Waals surface area contributed by atoms with Crippen molar-refractivity contribution in [3.63, 3.8) is 0 Å². The highest BCUT2D eigenvalue weighted by atomic mass is 16.2. The molecule has 0 bridgehead atoms. The summed E-state index contributed by atoms with van der Waals surface area (Å²) < 4.78 is 1.88. The summed E-state index contributed by atoms with van der Waals surface area (Å²) in [6.07, 6.45) is 5.62. The maximum Gasteiger partial charge on any atom is 0.268 e. The van der Waals surface area contributed by atoms with Gasteiger partial charge < -0.3 is 20.1 Å². The first-order valence-corrected chi connectivity index (χ1v) is 12.7. The largest absolute Gasteiger partial charge is 0.347 e. The van der Waals surface area contributed by atoms with Crippen LogP contribution in [0.25, 0.3) is 10.9 Å². The average molecular weight is 478 g/mol. The number of carbonyl (C=O) groups is 3. The van der Waals surface area contributed by atoms with Gasteiger partial charge in [-0.2, -0.15) is 5.26 Å². The van der Waals surface area contributed by atoms with E-state index in [1.54, 1.807) is 6.92 Å². The van der Waals surface area contributed by atoms with Crippen LogP contribution < -0.4 is 10.6 Å². The van der Waals surface area contributed by atoms with Crippen molar-refractivity contribution in [2.45, 2.75) is 64.0 Å². The SMILES string of the molecule is CC(=O)N1CCC(CC(C#N)NC(=O)C2CCCCC2NC(=O)c2cc3ccccc3n2C)CC1. The highest BCUT2D eigenvalue weighted by Gasteiger charge is 2.34. The Kier molecular flexibility index (Phi) is 7.74. The lowest BCUT2D eigenvalue weighted by molar-refractivity contribution is -0.130. The lowest BCUT2D eigenvalue weighted by atomic mass is 9.83. The fraction of sp³-hybridized carbons (Fsp3) is 0.556. The minimum Gasteiger partial charge on any atom is -0.347 e. The first-order valence-electron chi connectivity index (χ1n) is 12.7. The third-order valence-electron chi connectivity index (χ3n) is 7.70. The molecule has 3 amide bonds. The lowest BCUT2D eigenvalue weighted by Crippen LogP contribution is -2.50. The highest BCUT2D eigenvalue weighted by Crippen LogP contribution is 2.27. The zero-order valence-corrected chi connectivity index (χ0v) is 20.6. The molecule has 4 rings (SSSR count). The molecule has 0 spiro atoms. The fourth-order valence-electron chi connectivity index (χ4n) is 5.61. The molecule has 2 heterocycles. The summed E-state index contributed by atoms with van der Waals surface area (Å²) in [6, 6.07) is 11.2. The predicted octanol–water partition coefficient (Wildman–Crippen LogP) is 3.12. The summed E-state index contributed by atoms with van der Waals surface area (Å²) in [6.45, 7) is 2.99. The van der Waals surface area contributed by atoms with Gasteiger partial charge in [-0.3, -0.25) is 14.4 Å². The van der Waals surface area contributed by atoms with E-state index in [-0.39, 0.29) is 29.7 Å². The number of aryl methyl sites for hydroxylation is 1. The Morgan fingerprint density at radius 3 is 2.51 bits per heavy atom. The second kappa shape index (κ2) is 10.9. The molecule has 2 aliphatic rings. The van der Waals surface area contributed by atoms with E-state index in [1.165, 1.54) is 0 Å². The molecule has 0 radical (unpaired) electrons. The number of likely N-dealkylation sites (tertiary alicyclic amines) is 1. The van der Waals surface area contributed by atoms with Crippen molar-refractivity contribution in [1.82, 2.24) is 20.1 Å². The summed E-state index contributed by atoms with van der Waals surface area (Å²) in [4.78, 5) is 39.7. The number of benzene rings is 1. The smallest absolute Gasteiger partial charge is 0.268 e. The summed E-state index contributed by atoms with van der Waals surface area (Å²) in [5, 5.41) is 16.8. The molecule has 3 unspecified atom stereocenters. The number of para-hydroxylation sites is 1. The Balaban J connectivity index is 1.37. The Labute approximate surface area is 206 Å². The molecule has 1 aromatic carbocycles. The van der Waals surface area contributed by atoms with Crippen LogP contribution in [0.5, 0.6) is 0 Å². The van der Waals surface area contributed by atoms with E-state index in [2.05, 4.69) is 16.7 Å². The number of nitrogens with one attached hydrogen (secondary N) is 2. The number of aromatic nitrogens is 1. The number of amides is 3.